The number of nitrogens with zero attached hydrogens (tertiary/aromatic N) is 1. The molecule has 2 N–H and O–H groups in total. The predicted octanol–water partition coefficient (Wildman–Crippen LogP) is 4.69. The molecule has 2 atom stereocenters. The Labute approximate surface area is 142 Å². The highest BCUT2D eigenvalue weighted by atomic mass is 35.5. The maximum absolute atomic E-state index is 12.2. The van der Waals surface area contributed by atoms with Crippen molar-refractivity contribution in [3.8, 4) is 0 Å². The molecule has 1 aromatic carbocycles. The summed E-state index contributed by atoms with van der Waals surface area (Å²) in [4.78, 5) is 16.2. The summed E-state index contributed by atoms with van der Waals surface area (Å²) in [5.41, 5.74) is 2.23. The topological polar surface area (TPSA) is 54.0 Å². The predicted molar refractivity (Wildman–Crippen MR) is 96.1 cm³/mol. The quantitative estimate of drug-likeness (QED) is 0.807. The molecule has 0 saturated carbocycles. The maximum Gasteiger partial charge on any atom is 0.247 e. The summed E-state index contributed by atoms with van der Waals surface area (Å²) in [6.45, 7) is 6.19. The van der Waals surface area contributed by atoms with Crippen LogP contribution in [0.15, 0.2) is 42.6 Å². The number of carbonyl (C=O) groups excluding carboxylic acids is 1. The minimum atomic E-state index is -0.373. The van der Waals surface area contributed by atoms with Crippen LogP contribution in [0.5, 0.6) is 0 Å². The molecule has 1 amide bonds. The van der Waals surface area contributed by atoms with Crippen LogP contribution in [0.2, 0.25) is 5.02 Å². The fraction of sp³-hybridized carbons (Fsp3) is 0.333. The first-order valence-electron chi connectivity index (χ1n) is 7.78. The Kier molecular flexibility index (Phi) is 5.99. The lowest BCUT2D eigenvalue weighted by Crippen LogP contribution is -2.32. The van der Waals surface area contributed by atoms with E-state index in [9.17, 15) is 4.79 Å². The zero-order valence-corrected chi connectivity index (χ0v) is 14.4. The van der Waals surface area contributed by atoms with Crippen LogP contribution in [0.3, 0.4) is 0 Å². The van der Waals surface area contributed by atoms with Crippen LogP contribution in [-0.4, -0.2) is 16.9 Å². The summed E-state index contributed by atoms with van der Waals surface area (Å²) in [5.74, 6) is 0.881. The van der Waals surface area contributed by atoms with Crippen LogP contribution in [0.4, 0.5) is 11.5 Å². The van der Waals surface area contributed by atoms with E-state index in [1.54, 1.807) is 12.1 Å². The number of pyridine rings is 1. The summed E-state index contributed by atoms with van der Waals surface area (Å²) in [5, 5.41) is 6.49. The average Bonchev–Trinajstić information content (AvgIpc) is 2.56. The van der Waals surface area contributed by atoms with Crippen LogP contribution in [-0.2, 0) is 4.79 Å². The van der Waals surface area contributed by atoms with Gasteiger partial charge in [0, 0.05) is 11.9 Å². The molecule has 0 fully saturated rings. The number of hydrogen-bond acceptors (Lipinski definition) is 3. The summed E-state index contributed by atoms with van der Waals surface area (Å²) >= 11 is 5.78. The number of halogens is 1. The smallest absolute Gasteiger partial charge is 0.247 e. The fourth-order valence-corrected chi connectivity index (χ4v) is 2.26. The number of hydrogen-bond donors (Lipinski definition) is 2. The monoisotopic (exact) mass is 331 g/mol. The van der Waals surface area contributed by atoms with Crippen molar-refractivity contribution in [1.82, 2.24) is 4.98 Å². The lowest BCUT2D eigenvalue weighted by atomic mass is 9.98. The van der Waals surface area contributed by atoms with Crippen molar-refractivity contribution in [3.05, 3.63) is 53.2 Å². The second-order valence-electron chi connectivity index (χ2n) is 5.65. The zero-order chi connectivity index (χ0) is 16.8. The van der Waals surface area contributed by atoms with E-state index in [0.717, 1.165) is 12.1 Å². The molecule has 0 saturated heterocycles. The Morgan fingerprint density at radius 1 is 1.17 bits per heavy atom. The molecule has 2 rings (SSSR count). The van der Waals surface area contributed by atoms with Gasteiger partial charge in [0.2, 0.25) is 5.91 Å². The van der Waals surface area contributed by atoms with Gasteiger partial charge in [0.15, 0.2) is 0 Å². The third-order valence-electron chi connectivity index (χ3n) is 3.85. The van der Waals surface area contributed by atoms with E-state index in [4.69, 9.17) is 11.6 Å². The molecular weight excluding hydrogens is 310 g/mol. The molecule has 0 bridgehead atoms. The largest absolute Gasteiger partial charge is 0.374 e. The van der Waals surface area contributed by atoms with Gasteiger partial charge in [0.1, 0.15) is 11.9 Å². The van der Waals surface area contributed by atoms with E-state index in [0.29, 0.717) is 16.8 Å². The maximum atomic E-state index is 12.2. The van der Waals surface area contributed by atoms with Crippen molar-refractivity contribution < 1.29 is 4.79 Å². The molecule has 0 aliphatic carbocycles. The molecule has 0 radical (unpaired) electrons. The van der Waals surface area contributed by atoms with Gasteiger partial charge in [0.25, 0.3) is 0 Å². The third-order valence-corrected chi connectivity index (χ3v) is 4.07. The Hall–Kier alpha value is -2.07. The number of aromatic nitrogens is 1. The molecule has 1 heterocycles. The molecule has 2 aromatic rings. The normalized spacial score (nSPS) is 13.2. The van der Waals surface area contributed by atoms with Crippen LogP contribution in [0.25, 0.3) is 0 Å². The summed E-state index contributed by atoms with van der Waals surface area (Å²) in [7, 11) is 0. The van der Waals surface area contributed by atoms with Gasteiger partial charge in [-0.25, -0.2) is 4.98 Å². The molecular formula is C18H22ClN3O. The molecule has 122 valence electrons. The highest BCUT2D eigenvalue weighted by Gasteiger charge is 2.13. The van der Waals surface area contributed by atoms with Crippen LogP contribution >= 0.6 is 11.6 Å². The average molecular weight is 332 g/mol. The summed E-state index contributed by atoms with van der Waals surface area (Å²) in [6.07, 6.45) is 2.61. The van der Waals surface area contributed by atoms with Crippen molar-refractivity contribution in [2.24, 2.45) is 0 Å². The Bertz CT molecular complexity index is 640. The SMILES string of the molecule is CC[C@H](C)c1ccc(N[C@H](C)C(=O)Nc2ccc(Cl)cn2)cc1. The number of rotatable bonds is 6. The lowest BCUT2D eigenvalue weighted by Gasteiger charge is -2.16. The van der Waals surface area contributed by atoms with Crippen molar-refractivity contribution in [3.63, 3.8) is 0 Å². The Balaban J connectivity index is 1.93. The molecule has 5 heteroatoms. The van der Waals surface area contributed by atoms with Gasteiger partial charge in [-0.05, 0) is 49.1 Å². The highest BCUT2D eigenvalue weighted by molar-refractivity contribution is 6.30. The number of amides is 1. The van der Waals surface area contributed by atoms with E-state index in [1.165, 1.54) is 11.8 Å². The lowest BCUT2D eigenvalue weighted by molar-refractivity contribution is -0.116. The van der Waals surface area contributed by atoms with E-state index in [1.807, 2.05) is 19.1 Å². The molecule has 4 nitrogen and oxygen atoms in total. The van der Waals surface area contributed by atoms with Gasteiger partial charge in [-0.15, -0.1) is 0 Å². The van der Waals surface area contributed by atoms with Crippen molar-refractivity contribution in [2.75, 3.05) is 10.6 Å². The van der Waals surface area contributed by atoms with Crippen LogP contribution < -0.4 is 10.6 Å². The molecule has 0 spiro atoms. The number of carbonyl (C=O) groups is 1. The molecule has 0 aliphatic rings. The first kappa shape index (κ1) is 17.3. The van der Waals surface area contributed by atoms with E-state index < -0.39 is 0 Å². The zero-order valence-electron chi connectivity index (χ0n) is 13.6. The highest BCUT2D eigenvalue weighted by Crippen LogP contribution is 2.21. The van der Waals surface area contributed by atoms with Gasteiger partial charge in [0.05, 0.1) is 5.02 Å². The number of anilines is 2. The first-order valence-corrected chi connectivity index (χ1v) is 8.16. The van der Waals surface area contributed by atoms with Crippen LogP contribution in [0.1, 0.15) is 38.7 Å². The van der Waals surface area contributed by atoms with E-state index >= 15 is 0 Å². The third kappa shape index (κ3) is 4.96. The number of nitrogens with one attached hydrogen (secondary N) is 2. The van der Waals surface area contributed by atoms with Gasteiger partial charge in [-0.2, -0.15) is 0 Å². The minimum Gasteiger partial charge on any atom is -0.374 e. The standard InChI is InChI=1S/C18H22ClN3O/c1-4-12(2)14-5-8-16(9-6-14)21-13(3)18(23)22-17-10-7-15(19)11-20-17/h5-13,21H,4H2,1-3H3,(H,20,22,23)/t12-,13+/m0/s1. The molecule has 0 unspecified atom stereocenters. The first-order chi connectivity index (χ1) is 11.0. The van der Waals surface area contributed by atoms with Gasteiger partial charge >= 0.3 is 0 Å². The molecule has 1 aromatic heterocycles. The van der Waals surface area contributed by atoms with Gasteiger partial charge in [-0.3, -0.25) is 4.79 Å². The summed E-state index contributed by atoms with van der Waals surface area (Å²) < 4.78 is 0. The second-order valence-corrected chi connectivity index (χ2v) is 6.08. The van der Waals surface area contributed by atoms with E-state index in [2.05, 4.69) is 41.6 Å². The number of benzene rings is 1. The van der Waals surface area contributed by atoms with Gasteiger partial charge < -0.3 is 10.6 Å². The molecule has 0 aliphatic heterocycles. The second kappa shape index (κ2) is 7.97. The Morgan fingerprint density at radius 3 is 2.43 bits per heavy atom. The van der Waals surface area contributed by atoms with Crippen molar-refractivity contribution in [1.29, 1.82) is 0 Å². The van der Waals surface area contributed by atoms with Crippen LogP contribution in [0, 0.1) is 0 Å². The van der Waals surface area contributed by atoms with Crippen molar-refractivity contribution in [2.45, 2.75) is 39.2 Å². The summed E-state index contributed by atoms with van der Waals surface area (Å²) in [6, 6.07) is 11.2. The fourth-order valence-electron chi connectivity index (χ4n) is 2.14. The van der Waals surface area contributed by atoms with E-state index in [-0.39, 0.29) is 11.9 Å². The minimum absolute atomic E-state index is 0.147. The Morgan fingerprint density at radius 2 is 1.87 bits per heavy atom. The molecule has 23 heavy (non-hydrogen) atoms. The van der Waals surface area contributed by atoms with Gasteiger partial charge in [-0.1, -0.05) is 37.6 Å². The van der Waals surface area contributed by atoms with Crippen molar-refractivity contribution >= 4 is 29.0 Å².